The topological polar surface area (TPSA) is 66.4 Å². The lowest BCUT2D eigenvalue weighted by Crippen LogP contribution is -2.35. The molecule has 7 heteroatoms. The van der Waals surface area contributed by atoms with Gasteiger partial charge >= 0.3 is 5.97 Å². The maximum Gasteiger partial charge on any atom is 0.339 e. The van der Waals surface area contributed by atoms with Crippen molar-refractivity contribution in [3.8, 4) is 0 Å². The third-order valence-corrected chi connectivity index (χ3v) is 5.40. The SMILES string of the molecule is CC1(C(=O)Nc2c(Cl)ccc(Cl)c2C(=O)O)CCCS1. The standard InChI is InChI=1S/C13H13Cl2NO3S/c1-13(5-2-6-20-13)12(19)16-10-8(15)4-3-7(14)9(10)11(17)18/h3-4H,2,5-6H2,1H3,(H,16,19)(H,17,18). The van der Waals surface area contributed by atoms with Crippen molar-refractivity contribution >= 4 is 52.5 Å². The van der Waals surface area contributed by atoms with Gasteiger partial charge in [0.05, 0.1) is 20.5 Å². The largest absolute Gasteiger partial charge is 0.478 e. The Morgan fingerprint density at radius 1 is 1.35 bits per heavy atom. The highest BCUT2D eigenvalue weighted by Gasteiger charge is 2.38. The van der Waals surface area contributed by atoms with E-state index in [2.05, 4.69) is 5.32 Å². The van der Waals surface area contributed by atoms with Crippen LogP contribution in [0.5, 0.6) is 0 Å². The number of benzene rings is 1. The minimum Gasteiger partial charge on any atom is -0.478 e. The Morgan fingerprint density at radius 2 is 2.00 bits per heavy atom. The van der Waals surface area contributed by atoms with E-state index >= 15 is 0 Å². The second kappa shape index (κ2) is 5.84. The summed E-state index contributed by atoms with van der Waals surface area (Å²) in [7, 11) is 0. The highest BCUT2D eigenvalue weighted by molar-refractivity contribution is 8.01. The molecule has 2 rings (SSSR count). The van der Waals surface area contributed by atoms with Gasteiger partial charge in [-0.3, -0.25) is 4.79 Å². The molecule has 4 nitrogen and oxygen atoms in total. The number of halogens is 2. The van der Waals surface area contributed by atoms with E-state index < -0.39 is 10.7 Å². The van der Waals surface area contributed by atoms with Crippen molar-refractivity contribution in [3.05, 3.63) is 27.7 Å². The Morgan fingerprint density at radius 3 is 2.55 bits per heavy atom. The number of rotatable bonds is 3. The molecule has 1 aliphatic heterocycles. The second-order valence-electron chi connectivity index (χ2n) is 4.72. The molecule has 1 amide bonds. The molecule has 1 aliphatic rings. The van der Waals surface area contributed by atoms with Crippen LogP contribution in [0.4, 0.5) is 5.69 Å². The van der Waals surface area contributed by atoms with Gasteiger partial charge in [0, 0.05) is 0 Å². The number of hydrogen-bond donors (Lipinski definition) is 2. The number of carboxylic acids is 1. The average Bonchev–Trinajstić information content (AvgIpc) is 2.81. The summed E-state index contributed by atoms with van der Waals surface area (Å²) in [5.74, 6) is -0.553. The van der Waals surface area contributed by atoms with Crippen molar-refractivity contribution in [3.63, 3.8) is 0 Å². The summed E-state index contributed by atoms with van der Waals surface area (Å²) < 4.78 is -0.554. The van der Waals surface area contributed by atoms with E-state index in [1.165, 1.54) is 12.1 Å². The van der Waals surface area contributed by atoms with Crippen LogP contribution in [0.25, 0.3) is 0 Å². The zero-order valence-corrected chi connectivity index (χ0v) is 13.0. The molecule has 20 heavy (non-hydrogen) atoms. The molecule has 1 saturated heterocycles. The van der Waals surface area contributed by atoms with Gasteiger partial charge in [0.2, 0.25) is 5.91 Å². The number of nitrogens with one attached hydrogen (secondary N) is 1. The van der Waals surface area contributed by atoms with Gasteiger partial charge in [-0.25, -0.2) is 4.79 Å². The van der Waals surface area contributed by atoms with E-state index in [1.54, 1.807) is 11.8 Å². The first-order chi connectivity index (χ1) is 9.35. The molecule has 0 spiro atoms. The molecule has 1 fully saturated rings. The molecule has 2 N–H and O–H groups in total. The van der Waals surface area contributed by atoms with Gasteiger partial charge in [0.25, 0.3) is 0 Å². The first-order valence-electron chi connectivity index (χ1n) is 6.02. The number of anilines is 1. The summed E-state index contributed by atoms with van der Waals surface area (Å²) in [6, 6.07) is 2.87. The van der Waals surface area contributed by atoms with Gasteiger partial charge in [0.15, 0.2) is 0 Å². The van der Waals surface area contributed by atoms with Gasteiger partial charge in [0.1, 0.15) is 5.56 Å². The van der Waals surface area contributed by atoms with E-state index in [-0.39, 0.29) is 27.2 Å². The lowest BCUT2D eigenvalue weighted by molar-refractivity contribution is -0.118. The molecule has 108 valence electrons. The molecule has 0 bridgehead atoms. The van der Waals surface area contributed by atoms with Crippen LogP contribution in [0.1, 0.15) is 30.1 Å². The van der Waals surface area contributed by atoms with E-state index in [1.807, 2.05) is 6.92 Å². The van der Waals surface area contributed by atoms with Crippen molar-refractivity contribution in [1.82, 2.24) is 0 Å². The summed E-state index contributed by atoms with van der Waals surface area (Å²) in [5.41, 5.74) is -0.121. The van der Waals surface area contributed by atoms with E-state index in [9.17, 15) is 14.7 Å². The van der Waals surface area contributed by atoms with Gasteiger partial charge in [-0.05, 0) is 37.7 Å². The molecular weight excluding hydrogens is 321 g/mol. The number of amides is 1. The molecule has 1 aromatic rings. The quantitative estimate of drug-likeness (QED) is 0.879. The fourth-order valence-corrected chi connectivity index (χ4v) is 3.74. The molecule has 1 unspecified atom stereocenters. The van der Waals surface area contributed by atoms with Crippen LogP contribution in [0.3, 0.4) is 0 Å². The molecule has 1 atom stereocenters. The Labute approximate surface area is 130 Å². The highest BCUT2D eigenvalue weighted by atomic mass is 35.5. The molecule has 0 aliphatic carbocycles. The van der Waals surface area contributed by atoms with Crippen LogP contribution in [0.2, 0.25) is 10.0 Å². The Balaban J connectivity index is 2.36. The summed E-state index contributed by atoms with van der Waals surface area (Å²) in [4.78, 5) is 23.6. The lowest BCUT2D eigenvalue weighted by atomic mass is 10.0. The second-order valence-corrected chi connectivity index (χ2v) is 7.13. The van der Waals surface area contributed by atoms with Gasteiger partial charge < -0.3 is 10.4 Å². The maximum absolute atomic E-state index is 12.3. The number of carbonyl (C=O) groups excluding carboxylic acids is 1. The van der Waals surface area contributed by atoms with E-state index in [4.69, 9.17) is 23.2 Å². The van der Waals surface area contributed by atoms with Crippen molar-refractivity contribution in [2.45, 2.75) is 24.5 Å². The summed E-state index contributed by atoms with van der Waals surface area (Å²) in [6.45, 7) is 1.85. The van der Waals surface area contributed by atoms with Crippen LogP contribution in [-0.2, 0) is 4.79 Å². The molecule has 1 heterocycles. The minimum absolute atomic E-state index is 0.0430. The highest BCUT2D eigenvalue weighted by Crippen LogP contribution is 2.40. The van der Waals surface area contributed by atoms with Crippen molar-refractivity contribution in [2.75, 3.05) is 11.1 Å². The number of carboxylic acid groups (broad SMARTS) is 1. The lowest BCUT2D eigenvalue weighted by Gasteiger charge is -2.22. The zero-order chi connectivity index (χ0) is 14.9. The fraction of sp³-hybridized carbons (Fsp3) is 0.385. The Kier molecular flexibility index (Phi) is 4.52. The van der Waals surface area contributed by atoms with E-state index in [0.29, 0.717) is 0 Å². The average molecular weight is 334 g/mol. The van der Waals surface area contributed by atoms with Crippen LogP contribution in [-0.4, -0.2) is 27.5 Å². The third kappa shape index (κ3) is 2.90. The fourth-order valence-electron chi connectivity index (χ4n) is 2.09. The summed E-state index contributed by atoms with van der Waals surface area (Å²) in [5, 5.41) is 12.0. The van der Waals surface area contributed by atoms with Crippen molar-refractivity contribution in [2.24, 2.45) is 0 Å². The minimum atomic E-state index is -1.22. The summed E-state index contributed by atoms with van der Waals surface area (Å²) >= 11 is 13.4. The van der Waals surface area contributed by atoms with Crippen LogP contribution >= 0.6 is 35.0 Å². The van der Waals surface area contributed by atoms with Crippen LogP contribution in [0.15, 0.2) is 12.1 Å². The molecule has 0 saturated carbocycles. The normalized spacial score (nSPS) is 21.8. The predicted octanol–water partition coefficient (Wildman–Crippen LogP) is 3.92. The molecule has 0 radical (unpaired) electrons. The maximum atomic E-state index is 12.3. The molecule has 0 aromatic heterocycles. The smallest absolute Gasteiger partial charge is 0.339 e. The van der Waals surface area contributed by atoms with E-state index in [0.717, 1.165) is 18.6 Å². The van der Waals surface area contributed by atoms with Crippen LogP contribution in [0, 0.1) is 0 Å². The van der Waals surface area contributed by atoms with Gasteiger partial charge in [-0.2, -0.15) is 0 Å². The number of aromatic carboxylic acids is 1. The van der Waals surface area contributed by atoms with Gasteiger partial charge in [-0.1, -0.05) is 23.2 Å². The first kappa shape index (κ1) is 15.5. The predicted molar refractivity (Wildman–Crippen MR) is 82.1 cm³/mol. The van der Waals surface area contributed by atoms with Crippen LogP contribution < -0.4 is 5.32 Å². The first-order valence-corrected chi connectivity index (χ1v) is 7.76. The monoisotopic (exact) mass is 333 g/mol. The number of carbonyl (C=O) groups is 2. The third-order valence-electron chi connectivity index (χ3n) is 3.26. The van der Waals surface area contributed by atoms with Crippen molar-refractivity contribution in [1.29, 1.82) is 0 Å². The van der Waals surface area contributed by atoms with Crippen molar-refractivity contribution < 1.29 is 14.7 Å². The Bertz CT molecular complexity index is 571. The molecule has 1 aromatic carbocycles. The Hall–Kier alpha value is -0.910. The molecular formula is C13H13Cl2NO3S. The summed E-state index contributed by atoms with van der Waals surface area (Å²) in [6.07, 6.45) is 1.72. The number of hydrogen-bond acceptors (Lipinski definition) is 3. The number of thioether (sulfide) groups is 1. The van der Waals surface area contributed by atoms with Gasteiger partial charge in [-0.15, -0.1) is 11.8 Å². The zero-order valence-electron chi connectivity index (χ0n) is 10.7.